The van der Waals surface area contributed by atoms with Crippen molar-refractivity contribution in [2.45, 2.75) is 31.3 Å². The van der Waals surface area contributed by atoms with Crippen molar-refractivity contribution in [2.24, 2.45) is 5.73 Å². The second-order valence-electron chi connectivity index (χ2n) is 7.02. The minimum atomic E-state index is -0.431. The smallest absolute Gasteiger partial charge is 0.237 e. The van der Waals surface area contributed by atoms with Crippen molar-refractivity contribution in [3.05, 3.63) is 12.4 Å². The van der Waals surface area contributed by atoms with Crippen LogP contribution in [-0.2, 0) is 9.53 Å². The molecule has 3 N–H and O–H groups in total. The van der Waals surface area contributed by atoms with Gasteiger partial charge in [-0.25, -0.2) is 9.97 Å². The number of hydrogen-bond donors (Lipinski definition) is 2. The molecule has 150 valence electrons. The van der Waals surface area contributed by atoms with Crippen LogP contribution in [0, 0.1) is 0 Å². The van der Waals surface area contributed by atoms with E-state index in [1.54, 1.807) is 18.1 Å². The molecule has 2 unspecified atom stereocenters. The Bertz CT molecular complexity index is 613. The largest absolute Gasteiger partial charge is 0.378 e. The number of anilines is 2. The predicted octanol–water partition coefficient (Wildman–Crippen LogP) is 0.479. The number of carbonyl (C=O) groups excluding carboxylic acids is 1. The van der Waals surface area contributed by atoms with Crippen LogP contribution in [0.15, 0.2) is 12.4 Å². The van der Waals surface area contributed by atoms with Crippen LogP contribution in [0.5, 0.6) is 0 Å². The first-order chi connectivity index (χ1) is 13.2. The first-order valence-electron chi connectivity index (χ1n) is 9.62. The Morgan fingerprint density at radius 3 is 2.81 bits per heavy atom. The maximum absolute atomic E-state index is 12.3. The average Bonchev–Trinajstić information content (AvgIpc) is 2.73. The lowest BCUT2D eigenvalue weighted by atomic mass is 10.0. The number of rotatable bonds is 7. The first-order valence-corrected chi connectivity index (χ1v) is 11.0. The summed E-state index contributed by atoms with van der Waals surface area (Å²) in [5.41, 5.74) is 5.99. The van der Waals surface area contributed by atoms with Crippen molar-refractivity contribution in [1.82, 2.24) is 15.3 Å². The van der Waals surface area contributed by atoms with E-state index < -0.39 is 6.04 Å². The van der Waals surface area contributed by atoms with E-state index in [2.05, 4.69) is 25.1 Å². The van der Waals surface area contributed by atoms with Gasteiger partial charge >= 0.3 is 0 Å². The Kier molecular flexibility index (Phi) is 7.54. The number of nitrogens with one attached hydrogen (secondary N) is 1. The van der Waals surface area contributed by atoms with Crippen LogP contribution in [0.25, 0.3) is 0 Å². The molecule has 27 heavy (non-hydrogen) atoms. The molecular formula is C18H30N6O2S. The van der Waals surface area contributed by atoms with E-state index in [9.17, 15) is 4.79 Å². The van der Waals surface area contributed by atoms with Gasteiger partial charge in [0, 0.05) is 38.3 Å². The highest BCUT2D eigenvalue weighted by atomic mass is 32.2. The van der Waals surface area contributed by atoms with Crippen LogP contribution >= 0.6 is 11.8 Å². The number of nitrogens with zero attached hydrogens (tertiary/aromatic N) is 4. The van der Waals surface area contributed by atoms with E-state index in [1.165, 1.54) is 0 Å². The number of ether oxygens (including phenoxy) is 1. The maximum atomic E-state index is 12.3. The zero-order valence-electron chi connectivity index (χ0n) is 16.0. The zero-order chi connectivity index (χ0) is 19.1. The van der Waals surface area contributed by atoms with Crippen molar-refractivity contribution in [1.29, 1.82) is 0 Å². The number of amides is 1. The van der Waals surface area contributed by atoms with Gasteiger partial charge in [-0.1, -0.05) is 0 Å². The van der Waals surface area contributed by atoms with E-state index >= 15 is 0 Å². The molecule has 0 radical (unpaired) electrons. The van der Waals surface area contributed by atoms with E-state index in [1.807, 2.05) is 12.3 Å². The standard InChI is InChI=1S/C18H30N6O2S/c1-27-10-4-15(19)18(25)22-14-3-2-5-24(12-14)17-11-16(20-13-21-17)23-6-8-26-9-7-23/h11,13-15H,2-10,12,19H2,1H3,(H,22,25). The van der Waals surface area contributed by atoms with E-state index in [4.69, 9.17) is 10.5 Å². The fourth-order valence-corrected chi connectivity index (χ4v) is 3.95. The molecule has 1 aromatic rings. The van der Waals surface area contributed by atoms with E-state index in [-0.39, 0.29) is 11.9 Å². The molecule has 1 aromatic heterocycles. The Balaban J connectivity index is 1.58. The molecule has 2 saturated heterocycles. The predicted molar refractivity (Wildman–Crippen MR) is 109 cm³/mol. The van der Waals surface area contributed by atoms with Crippen LogP contribution < -0.4 is 20.9 Å². The molecule has 2 atom stereocenters. The van der Waals surface area contributed by atoms with Crippen molar-refractivity contribution in [2.75, 3.05) is 61.2 Å². The maximum Gasteiger partial charge on any atom is 0.237 e. The fraction of sp³-hybridized carbons (Fsp3) is 0.722. The lowest BCUT2D eigenvalue weighted by molar-refractivity contribution is -0.123. The lowest BCUT2D eigenvalue weighted by Gasteiger charge is -2.35. The van der Waals surface area contributed by atoms with Crippen LogP contribution in [0.4, 0.5) is 11.6 Å². The summed E-state index contributed by atoms with van der Waals surface area (Å²) < 4.78 is 5.42. The Hall–Kier alpha value is -1.58. The van der Waals surface area contributed by atoms with Crippen molar-refractivity contribution >= 4 is 29.3 Å². The third-order valence-electron chi connectivity index (χ3n) is 5.03. The first kappa shape index (κ1) is 20.2. The summed E-state index contributed by atoms with van der Waals surface area (Å²) in [6.45, 7) is 4.85. The van der Waals surface area contributed by atoms with Gasteiger partial charge in [-0.05, 0) is 31.3 Å². The third-order valence-corrected chi connectivity index (χ3v) is 5.68. The van der Waals surface area contributed by atoms with Crippen molar-refractivity contribution in [3.63, 3.8) is 0 Å². The van der Waals surface area contributed by atoms with Gasteiger partial charge in [-0.2, -0.15) is 11.8 Å². The molecule has 0 saturated carbocycles. The molecule has 2 aliphatic heterocycles. The minimum Gasteiger partial charge on any atom is -0.378 e. The number of nitrogens with two attached hydrogens (primary N) is 1. The van der Waals surface area contributed by atoms with Gasteiger partial charge < -0.3 is 25.6 Å². The van der Waals surface area contributed by atoms with Crippen molar-refractivity contribution in [3.8, 4) is 0 Å². The van der Waals surface area contributed by atoms with Crippen LogP contribution in [0.1, 0.15) is 19.3 Å². The summed E-state index contributed by atoms with van der Waals surface area (Å²) in [5, 5.41) is 3.12. The Morgan fingerprint density at radius 1 is 1.33 bits per heavy atom. The van der Waals surface area contributed by atoms with E-state index in [0.29, 0.717) is 6.42 Å². The van der Waals surface area contributed by atoms with Crippen LogP contribution in [-0.4, -0.2) is 79.4 Å². The second-order valence-corrected chi connectivity index (χ2v) is 8.00. The summed E-state index contributed by atoms with van der Waals surface area (Å²) in [5.74, 6) is 2.70. The molecule has 2 fully saturated rings. The third kappa shape index (κ3) is 5.70. The van der Waals surface area contributed by atoms with Gasteiger partial charge in [0.2, 0.25) is 5.91 Å². The summed E-state index contributed by atoms with van der Waals surface area (Å²) in [6, 6.07) is 1.72. The number of hydrogen-bond acceptors (Lipinski definition) is 8. The molecule has 3 heterocycles. The molecule has 0 aliphatic carbocycles. The molecule has 3 rings (SSSR count). The second kappa shape index (κ2) is 10.1. The van der Waals surface area contributed by atoms with Gasteiger partial charge in [0.05, 0.1) is 19.3 Å². The Labute approximate surface area is 165 Å². The van der Waals surface area contributed by atoms with Gasteiger partial charge in [0.25, 0.3) is 0 Å². The molecular weight excluding hydrogens is 364 g/mol. The van der Waals surface area contributed by atoms with Crippen LogP contribution in [0.3, 0.4) is 0 Å². The van der Waals surface area contributed by atoms with Crippen LogP contribution in [0.2, 0.25) is 0 Å². The zero-order valence-corrected chi connectivity index (χ0v) is 16.8. The number of piperidine rings is 1. The van der Waals surface area contributed by atoms with E-state index in [0.717, 1.165) is 69.6 Å². The molecule has 2 aliphatic rings. The number of thioether (sulfide) groups is 1. The number of carbonyl (C=O) groups is 1. The summed E-state index contributed by atoms with van der Waals surface area (Å²) >= 11 is 1.71. The molecule has 9 heteroatoms. The quantitative estimate of drug-likeness (QED) is 0.689. The highest BCUT2D eigenvalue weighted by Gasteiger charge is 2.25. The molecule has 1 amide bonds. The summed E-state index contributed by atoms with van der Waals surface area (Å²) in [7, 11) is 0. The number of morpholine rings is 1. The Morgan fingerprint density at radius 2 is 2.07 bits per heavy atom. The summed E-state index contributed by atoms with van der Waals surface area (Å²) in [4.78, 5) is 25.7. The van der Waals surface area contributed by atoms with Gasteiger partial charge in [0.1, 0.15) is 18.0 Å². The molecule has 0 spiro atoms. The van der Waals surface area contributed by atoms with Gasteiger partial charge in [0.15, 0.2) is 0 Å². The molecule has 8 nitrogen and oxygen atoms in total. The van der Waals surface area contributed by atoms with Gasteiger partial charge in [-0.15, -0.1) is 0 Å². The fourth-order valence-electron chi connectivity index (χ4n) is 3.46. The number of aromatic nitrogens is 2. The minimum absolute atomic E-state index is 0.0485. The lowest BCUT2D eigenvalue weighted by Crippen LogP contribution is -2.52. The molecule has 0 aromatic carbocycles. The van der Waals surface area contributed by atoms with Gasteiger partial charge in [-0.3, -0.25) is 4.79 Å². The van der Waals surface area contributed by atoms with Crippen molar-refractivity contribution < 1.29 is 9.53 Å². The SMILES string of the molecule is CSCCC(N)C(=O)NC1CCCN(c2cc(N3CCOCC3)ncn2)C1. The molecule has 0 bridgehead atoms. The highest BCUT2D eigenvalue weighted by Crippen LogP contribution is 2.22. The normalized spacial score (nSPS) is 21.8. The summed E-state index contributed by atoms with van der Waals surface area (Å²) in [6.07, 6.45) is 6.34. The monoisotopic (exact) mass is 394 g/mol. The topological polar surface area (TPSA) is 96.6 Å². The highest BCUT2D eigenvalue weighted by molar-refractivity contribution is 7.98. The average molecular weight is 395 g/mol.